The molecular weight excluding hydrogens is 564 g/mol. The number of hydrogen-bond acceptors (Lipinski definition) is 5. The van der Waals surface area contributed by atoms with Gasteiger partial charge in [-0.05, 0) is 66.1 Å². The molecule has 4 aromatic carbocycles. The van der Waals surface area contributed by atoms with Gasteiger partial charge >= 0.3 is 11.9 Å². The lowest BCUT2D eigenvalue weighted by molar-refractivity contribution is 0.0695. The van der Waals surface area contributed by atoms with E-state index in [1.54, 1.807) is 66.7 Å². The molecule has 0 atom stereocenters. The van der Waals surface area contributed by atoms with Crippen molar-refractivity contribution in [2.75, 3.05) is 6.61 Å². The molecule has 0 bridgehead atoms. The van der Waals surface area contributed by atoms with Crippen LogP contribution in [0, 0.1) is 0 Å². The van der Waals surface area contributed by atoms with Crippen LogP contribution in [0.15, 0.2) is 97.1 Å². The molecule has 0 aliphatic heterocycles. The number of carbonyl (C=O) groups excluding carboxylic acids is 1. The second kappa shape index (κ2) is 18.3. The van der Waals surface area contributed by atoms with Crippen molar-refractivity contribution in [3.8, 4) is 28.4 Å². The molecule has 0 amide bonds. The van der Waals surface area contributed by atoms with Gasteiger partial charge in [-0.2, -0.15) is 0 Å². The second-order valence-corrected chi connectivity index (χ2v) is 11.2. The van der Waals surface area contributed by atoms with E-state index in [0.717, 1.165) is 17.7 Å². The summed E-state index contributed by atoms with van der Waals surface area (Å²) in [4.78, 5) is 24.8. The van der Waals surface area contributed by atoms with Gasteiger partial charge < -0.3 is 19.3 Å². The fourth-order valence-electron chi connectivity index (χ4n) is 5.19. The highest BCUT2D eigenvalue weighted by Gasteiger charge is 2.18. The number of hydrogen-bond donors (Lipinski definition) is 1. The van der Waals surface area contributed by atoms with Crippen LogP contribution < -0.4 is 14.2 Å². The molecule has 4 aromatic rings. The average Bonchev–Trinajstić information content (AvgIpc) is 3.07. The Hall–Kier alpha value is -4.58. The summed E-state index contributed by atoms with van der Waals surface area (Å²) in [5.74, 6) is 0.00109. The third kappa shape index (κ3) is 10.8. The number of carboxylic acid groups (broad SMARTS) is 1. The van der Waals surface area contributed by atoms with Crippen molar-refractivity contribution in [1.29, 1.82) is 0 Å². The number of unbranched alkanes of at least 4 members (excludes halogenated alkanes) is 9. The Labute approximate surface area is 267 Å². The molecule has 0 radical (unpaired) electrons. The molecule has 0 spiro atoms. The summed E-state index contributed by atoms with van der Waals surface area (Å²) in [5.41, 5.74) is 2.62. The van der Waals surface area contributed by atoms with Crippen molar-refractivity contribution in [2.24, 2.45) is 0 Å². The first-order valence-electron chi connectivity index (χ1n) is 16.1. The van der Waals surface area contributed by atoms with Crippen LogP contribution in [0.25, 0.3) is 11.1 Å². The first-order chi connectivity index (χ1) is 22.0. The molecule has 236 valence electrons. The number of benzene rings is 4. The minimum absolute atomic E-state index is 0.126. The molecule has 0 aliphatic carbocycles. The van der Waals surface area contributed by atoms with Gasteiger partial charge in [-0.15, -0.1) is 0 Å². The van der Waals surface area contributed by atoms with E-state index in [9.17, 15) is 14.7 Å². The average molecular weight is 609 g/mol. The molecule has 0 fully saturated rings. The van der Waals surface area contributed by atoms with Gasteiger partial charge in [0.25, 0.3) is 0 Å². The maximum atomic E-state index is 12.8. The van der Waals surface area contributed by atoms with Gasteiger partial charge in [0.15, 0.2) is 0 Å². The molecule has 1 N–H and O–H groups in total. The largest absolute Gasteiger partial charge is 0.494 e. The summed E-state index contributed by atoms with van der Waals surface area (Å²) in [7, 11) is 0. The minimum atomic E-state index is -1.05. The number of esters is 1. The lowest BCUT2D eigenvalue weighted by Crippen LogP contribution is -2.08. The topological polar surface area (TPSA) is 82.1 Å². The molecular formula is C39H44O6. The fraction of sp³-hybridized carbons (Fsp3) is 0.333. The predicted octanol–water partition coefficient (Wildman–Crippen LogP) is 10.1. The van der Waals surface area contributed by atoms with Gasteiger partial charge in [0, 0.05) is 5.56 Å². The zero-order valence-corrected chi connectivity index (χ0v) is 26.2. The zero-order chi connectivity index (χ0) is 31.7. The third-order valence-corrected chi connectivity index (χ3v) is 7.70. The van der Waals surface area contributed by atoms with Crippen LogP contribution >= 0.6 is 0 Å². The van der Waals surface area contributed by atoms with Crippen molar-refractivity contribution >= 4 is 11.9 Å². The van der Waals surface area contributed by atoms with Gasteiger partial charge in [-0.25, -0.2) is 9.59 Å². The van der Waals surface area contributed by atoms with Gasteiger partial charge in [-0.1, -0.05) is 113 Å². The Kier molecular flexibility index (Phi) is 13.5. The highest BCUT2D eigenvalue weighted by Crippen LogP contribution is 2.35. The number of aromatic carboxylic acids is 1. The van der Waals surface area contributed by atoms with Crippen molar-refractivity contribution in [3.63, 3.8) is 0 Å². The monoisotopic (exact) mass is 608 g/mol. The van der Waals surface area contributed by atoms with Gasteiger partial charge in [0.2, 0.25) is 0 Å². The maximum absolute atomic E-state index is 12.8. The minimum Gasteiger partial charge on any atom is -0.494 e. The highest BCUT2D eigenvalue weighted by molar-refractivity contribution is 5.98. The molecule has 0 aliphatic rings. The standard InChI is InChI=1S/C39H44O6/c1-2-3-4-5-6-7-8-9-10-14-28-43-33-24-22-32(23-25-33)39(42)45-34-26-20-31(21-27-34)37-35(38(40)41)18-15-19-36(37)44-29-30-16-12-11-13-17-30/h11-13,15-27H,2-10,14,28-29H2,1H3,(H,40,41). The lowest BCUT2D eigenvalue weighted by atomic mass is 9.98. The van der Waals surface area contributed by atoms with E-state index in [1.807, 2.05) is 30.3 Å². The number of ether oxygens (including phenoxy) is 3. The molecule has 45 heavy (non-hydrogen) atoms. The van der Waals surface area contributed by atoms with Gasteiger partial charge in [-0.3, -0.25) is 0 Å². The molecule has 0 saturated heterocycles. The summed E-state index contributed by atoms with van der Waals surface area (Å²) < 4.78 is 17.5. The SMILES string of the molecule is CCCCCCCCCCCCOc1ccc(C(=O)Oc2ccc(-c3c(OCc4ccccc4)cccc3C(=O)O)cc2)cc1. The number of rotatable bonds is 19. The Bertz CT molecular complexity index is 1460. The smallest absolute Gasteiger partial charge is 0.343 e. The van der Waals surface area contributed by atoms with Crippen LogP contribution in [0.3, 0.4) is 0 Å². The first-order valence-corrected chi connectivity index (χ1v) is 16.1. The van der Waals surface area contributed by atoms with Crippen LogP contribution in [-0.4, -0.2) is 23.7 Å². The molecule has 4 rings (SSSR count). The van der Waals surface area contributed by atoms with Crippen molar-refractivity contribution in [2.45, 2.75) is 77.7 Å². The summed E-state index contributed by atoms with van der Waals surface area (Å²) in [6.07, 6.45) is 12.8. The number of carboxylic acids is 1. The Balaban J connectivity index is 1.26. The van der Waals surface area contributed by atoms with Crippen molar-refractivity contribution in [1.82, 2.24) is 0 Å². The molecule has 0 heterocycles. The van der Waals surface area contributed by atoms with Gasteiger partial charge in [0.1, 0.15) is 23.9 Å². The fourth-order valence-corrected chi connectivity index (χ4v) is 5.19. The Morgan fingerprint density at radius 2 is 1.24 bits per heavy atom. The normalized spacial score (nSPS) is 10.8. The van der Waals surface area contributed by atoms with E-state index in [1.165, 1.54) is 57.8 Å². The van der Waals surface area contributed by atoms with Crippen molar-refractivity contribution < 1.29 is 28.9 Å². The Morgan fingerprint density at radius 1 is 0.622 bits per heavy atom. The molecule has 6 nitrogen and oxygen atoms in total. The van der Waals surface area contributed by atoms with E-state index in [2.05, 4.69) is 6.92 Å². The van der Waals surface area contributed by atoms with E-state index >= 15 is 0 Å². The molecule has 0 unspecified atom stereocenters. The summed E-state index contributed by atoms with van der Waals surface area (Å²) in [5, 5.41) is 9.85. The third-order valence-electron chi connectivity index (χ3n) is 7.70. The Morgan fingerprint density at radius 3 is 1.89 bits per heavy atom. The second-order valence-electron chi connectivity index (χ2n) is 11.2. The maximum Gasteiger partial charge on any atom is 0.343 e. The van der Waals surface area contributed by atoms with Gasteiger partial charge in [0.05, 0.1) is 17.7 Å². The molecule has 0 aromatic heterocycles. The van der Waals surface area contributed by atoms with Crippen LogP contribution in [0.5, 0.6) is 17.2 Å². The van der Waals surface area contributed by atoms with E-state index in [0.29, 0.717) is 41.4 Å². The first kappa shape index (κ1) is 33.3. The van der Waals surface area contributed by atoms with E-state index in [4.69, 9.17) is 14.2 Å². The predicted molar refractivity (Wildman–Crippen MR) is 178 cm³/mol. The number of carbonyl (C=O) groups is 2. The van der Waals surface area contributed by atoms with Crippen LogP contribution in [0.1, 0.15) is 97.4 Å². The molecule has 0 saturated carbocycles. The van der Waals surface area contributed by atoms with Crippen LogP contribution in [-0.2, 0) is 6.61 Å². The van der Waals surface area contributed by atoms with Crippen LogP contribution in [0.4, 0.5) is 0 Å². The molecule has 6 heteroatoms. The highest BCUT2D eigenvalue weighted by atomic mass is 16.5. The lowest BCUT2D eigenvalue weighted by Gasteiger charge is -2.15. The summed E-state index contributed by atoms with van der Waals surface area (Å²) >= 11 is 0. The van der Waals surface area contributed by atoms with Crippen molar-refractivity contribution in [3.05, 3.63) is 114 Å². The quantitative estimate of drug-likeness (QED) is 0.0648. The summed E-state index contributed by atoms with van der Waals surface area (Å²) in [6.45, 7) is 3.21. The zero-order valence-electron chi connectivity index (χ0n) is 26.2. The van der Waals surface area contributed by atoms with Crippen LogP contribution in [0.2, 0.25) is 0 Å². The summed E-state index contributed by atoms with van der Waals surface area (Å²) in [6, 6.07) is 28.4. The van der Waals surface area contributed by atoms with E-state index < -0.39 is 11.9 Å². The van der Waals surface area contributed by atoms with E-state index in [-0.39, 0.29) is 5.56 Å².